The molecule has 5 rings (SSSR count). The molecule has 0 amide bonds. The Balaban J connectivity index is 1.38. The van der Waals surface area contributed by atoms with Crippen LogP contribution in [0.1, 0.15) is 40.5 Å². The topological polar surface area (TPSA) is 78.7 Å². The summed E-state index contributed by atoms with van der Waals surface area (Å²) in [5.74, 6) is -0.456. The van der Waals surface area contributed by atoms with E-state index in [0.717, 1.165) is 35.9 Å². The first-order chi connectivity index (χ1) is 14.0. The van der Waals surface area contributed by atoms with Gasteiger partial charge in [0.15, 0.2) is 10.8 Å². The number of hydrogen-bond donors (Lipinski definition) is 1. The van der Waals surface area contributed by atoms with E-state index >= 15 is 0 Å². The Kier molecular flexibility index (Phi) is 4.66. The molecule has 0 radical (unpaired) electrons. The third kappa shape index (κ3) is 3.46. The highest BCUT2D eigenvalue weighted by Crippen LogP contribution is 2.38. The molecule has 9 heteroatoms. The first-order valence-corrected chi connectivity index (χ1v) is 10.9. The molecule has 7 nitrogen and oxygen atoms in total. The highest BCUT2D eigenvalue weighted by molar-refractivity contribution is 7.13. The van der Waals surface area contributed by atoms with Gasteiger partial charge in [-0.1, -0.05) is 6.07 Å². The molecule has 2 saturated heterocycles. The van der Waals surface area contributed by atoms with Crippen molar-refractivity contribution < 1.29 is 14.3 Å². The van der Waals surface area contributed by atoms with Gasteiger partial charge in [0.05, 0.1) is 0 Å². The van der Waals surface area contributed by atoms with Crippen LogP contribution in [0.25, 0.3) is 0 Å². The number of alkyl halides is 1. The number of aromatic carboxylic acids is 1. The van der Waals surface area contributed by atoms with Crippen LogP contribution < -0.4 is 10.5 Å². The number of halogens is 1. The summed E-state index contributed by atoms with van der Waals surface area (Å²) in [7, 11) is 0. The molecule has 2 bridgehead atoms. The zero-order valence-electron chi connectivity index (χ0n) is 16.0. The van der Waals surface area contributed by atoms with E-state index < -0.39 is 12.1 Å². The molecule has 0 saturated carbocycles. The van der Waals surface area contributed by atoms with Crippen LogP contribution in [-0.4, -0.2) is 57.9 Å². The van der Waals surface area contributed by atoms with Gasteiger partial charge in [0.2, 0.25) is 0 Å². The van der Waals surface area contributed by atoms with Crippen molar-refractivity contribution in [1.29, 1.82) is 0 Å². The average molecular weight is 418 g/mol. The van der Waals surface area contributed by atoms with E-state index in [9.17, 15) is 14.0 Å². The number of rotatable bonds is 4. The van der Waals surface area contributed by atoms with Crippen LogP contribution in [0, 0.1) is 5.92 Å². The van der Waals surface area contributed by atoms with Crippen LogP contribution in [0.3, 0.4) is 0 Å². The highest BCUT2D eigenvalue weighted by atomic mass is 32.1. The lowest BCUT2D eigenvalue weighted by Gasteiger charge is -2.42. The largest absolute Gasteiger partial charge is 0.476 e. The van der Waals surface area contributed by atoms with Crippen molar-refractivity contribution in [3.63, 3.8) is 0 Å². The fraction of sp³-hybridized carbons (Fsp3) is 0.550. The lowest BCUT2D eigenvalue weighted by atomic mass is 9.83. The number of piperidine rings is 1. The Morgan fingerprint density at radius 2 is 2.14 bits per heavy atom. The van der Waals surface area contributed by atoms with Crippen molar-refractivity contribution in [3.05, 3.63) is 44.8 Å². The van der Waals surface area contributed by atoms with Crippen LogP contribution in [0.4, 0.5) is 9.52 Å². The molecular weight excluding hydrogens is 395 g/mol. The monoisotopic (exact) mass is 418 g/mol. The summed E-state index contributed by atoms with van der Waals surface area (Å²) in [6.45, 7) is 3.80. The Morgan fingerprint density at radius 3 is 2.86 bits per heavy atom. The quantitative estimate of drug-likeness (QED) is 0.820. The molecule has 2 aromatic rings. The maximum atomic E-state index is 13.5. The molecule has 3 aliphatic rings. The SMILES string of the molecule is O=C(O)c1csc(N2C[C@@H]3C[C@H](C2)c2ccc(CN4CC[C@H](F)C4)c(=O)n2C3)n1. The van der Waals surface area contributed by atoms with E-state index in [1.807, 2.05) is 15.5 Å². The first-order valence-electron chi connectivity index (χ1n) is 10.0. The van der Waals surface area contributed by atoms with Crippen LogP contribution in [0.5, 0.6) is 0 Å². The van der Waals surface area contributed by atoms with Crippen molar-refractivity contribution in [2.24, 2.45) is 5.92 Å². The minimum atomic E-state index is -1.01. The number of nitrogens with zero attached hydrogens (tertiary/aromatic N) is 4. The van der Waals surface area contributed by atoms with Gasteiger partial charge in [-0.25, -0.2) is 14.2 Å². The Morgan fingerprint density at radius 1 is 1.28 bits per heavy atom. The van der Waals surface area contributed by atoms with Gasteiger partial charge in [-0.15, -0.1) is 11.3 Å². The van der Waals surface area contributed by atoms with E-state index in [4.69, 9.17) is 5.11 Å². The summed E-state index contributed by atoms with van der Waals surface area (Å²) in [5.41, 5.74) is 1.92. The Bertz CT molecular complexity index is 1010. The van der Waals surface area contributed by atoms with Gasteiger partial charge in [-0.2, -0.15) is 0 Å². The molecule has 0 aromatic carbocycles. The van der Waals surface area contributed by atoms with Crippen molar-refractivity contribution in [2.75, 3.05) is 31.1 Å². The van der Waals surface area contributed by atoms with Gasteiger partial charge in [-0.05, 0) is 24.8 Å². The number of anilines is 1. The normalized spacial score (nSPS) is 26.5. The first kappa shape index (κ1) is 18.7. The Hall–Kier alpha value is -2.26. The van der Waals surface area contributed by atoms with E-state index in [-0.39, 0.29) is 17.2 Å². The maximum absolute atomic E-state index is 13.5. The van der Waals surface area contributed by atoms with Crippen LogP contribution in [-0.2, 0) is 13.1 Å². The molecule has 1 N–H and O–H groups in total. The van der Waals surface area contributed by atoms with Gasteiger partial charge in [0, 0.05) is 61.8 Å². The zero-order valence-corrected chi connectivity index (χ0v) is 16.8. The van der Waals surface area contributed by atoms with Gasteiger partial charge in [0.25, 0.3) is 5.56 Å². The molecule has 5 heterocycles. The number of carbonyl (C=O) groups is 1. The van der Waals surface area contributed by atoms with Crippen LogP contribution in [0.15, 0.2) is 22.3 Å². The lowest BCUT2D eigenvalue weighted by Crippen LogP contribution is -2.47. The summed E-state index contributed by atoms with van der Waals surface area (Å²) in [4.78, 5) is 32.7. The van der Waals surface area contributed by atoms with E-state index in [2.05, 4.69) is 16.0 Å². The second-order valence-electron chi connectivity index (χ2n) is 8.34. The highest BCUT2D eigenvalue weighted by Gasteiger charge is 2.36. The maximum Gasteiger partial charge on any atom is 0.355 e. The number of aromatic nitrogens is 2. The van der Waals surface area contributed by atoms with Gasteiger partial charge >= 0.3 is 5.97 Å². The third-order valence-electron chi connectivity index (χ3n) is 6.27. The molecule has 3 atom stereocenters. The van der Waals surface area contributed by atoms with Crippen molar-refractivity contribution in [3.8, 4) is 0 Å². The second-order valence-corrected chi connectivity index (χ2v) is 9.18. The second kappa shape index (κ2) is 7.21. The standard InChI is InChI=1S/C20H23FN4O3S/c21-15-3-4-23(10-15)8-13-1-2-17-14-5-12(7-25(17)18(13)26)6-24(9-14)20-22-16(11-29-20)19(27)28/h1-2,11-12,14-15H,3-10H2,(H,27,28)/t12-,14+,15-/m0/s1. The van der Waals surface area contributed by atoms with E-state index in [1.54, 1.807) is 5.38 Å². The number of thiazole rings is 1. The summed E-state index contributed by atoms with van der Waals surface area (Å²) in [6.07, 6.45) is 0.794. The van der Waals surface area contributed by atoms with Crippen molar-refractivity contribution >= 4 is 22.4 Å². The number of likely N-dealkylation sites (tertiary alicyclic amines) is 1. The summed E-state index contributed by atoms with van der Waals surface area (Å²) in [6, 6.07) is 3.96. The molecule has 154 valence electrons. The minimum absolute atomic E-state index is 0.0513. The lowest BCUT2D eigenvalue weighted by molar-refractivity contribution is 0.0691. The van der Waals surface area contributed by atoms with Crippen LogP contribution >= 0.6 is 11.3 Å². The minimum Gasteiger partial charge on any atom is -0.476 e. The predicted octanol–water partition coefficient (Wildman–Crippen LogP) is 2.17. The van der Waals surface area contributed by atoms with Crippen molar-refractivity contribution in [1.82, 2.24) is 14.5 Å². The third-order valence-corrected chi connectivity index (χ3v) is 7.17. The summed E-state index contributed by atoms with van der Waals surface area (Å²) < 4.78 is 15.4. The number of pyridine rings is 1. The molecule has 0 unspecified atom stereocenters. The van der Waals surface area contributed by atoms with E-state index in [0.29, 0.717) is 38.5 Å². The number of hydrogen-bond acceptors (Lipinski definition) is 6. The molecule has 0 spiro atoms. The predicted molar refractivity (Wildman–Crippen MR) is 108 cm³/mol. The van der Waals surface area contributed by atoms with E-state index in [1.165, 1.54) is 11.3 Å². The zero-order chi connectivity index (χ0) is 20.1. The van der Waals surface area contributed by atoms with Gasteiger partial charge in [-0.3, -0.25) is 9.69 Å². The molecule has 2 aromatic heterocycles. The fourth-order valence-corrected chi connectivity index (χ4v) is 5.76. The molecular formula is C20H23FN4O3S. The molecule has 29 heavy (non-hydrogen) atoms. The molecule has 2 fully saturated rings. The van der Waals surface area contributed by atoms with Crippen LogP contribution in [0.2, 0.25) is 0 Å². The van der Waals surface area contributed by atoms with Gasteiger partial charge < -0.3 is 14.6 Å². The number of fused-ring (bicyclic) bond motifs is 4. The smallest absolute Gasteiger partial charge is 0.355 e. The molecule has 0 aliphatic carbocycles. The Labute approximate surface area is 171 Å². The molecule has 3 aliphatic heterocycles. The number of carboxylic acid groups (broad SMARTS) is 1. The van der Waals surface area contributed by atoms with Crippen molar-refractivity contribution in [2.45, 2.75) is 38.0 Å². The number of carboxylic acids is 1. The summed E-state index contributed by atoms with van der Waals surface area (Å²) >= 11 is 1.36. The summed E-state index contributed by atoms with van der Waals surface area (Å²) in [5, 5.41) is 11.4. The average Bonchev–Trinajstić information content (AvgIpc) is 3.34. The van der Waals surface area contributed by atoms with Gasteiger partial charge in [0.1, 0.15) is 6.17 Å². The fourth-order valence-electron chi connectivity index (χ4n) is 4.95.